The van der Waals surface area contributed by atoms with E-state index in [-0.39, 0.29) is 0 Å². The van der Waals surface area contributed by atoms with E-state index in [2.05, 4.69) is 10.2 Å². The average Bonchev–Trinajstić information content (AvgIpc) is 2.59. The van der Waals surface area contributed by atoms with Crippen LogP contribution in [0, 0.1) is 0 Å². The molecule has 2 aromatic carbocycles. The molecule has 0 saturated carbocycles. The van der Waals surface area contributed by atoms with Crippen LogP contribution in [0.1, 0.15) is 22.8 Å². The van der Waals surface area contributed by atoms with Gasteiger partial charge >= 0.3 is 0 Å². The van der Waals surface area contributed by atoms with Gasteiger partial charge in [-0.05, 0) is 42.9 Å². The van der Waals surface area contributed by atoms with Gasteiger partial charge in [0.1, 0.15) is 5.75 Å². The highest BCUT2D eigenvalue weighted by molar-refractivity contribution is 5.82. The van der Waals surface area contributed by atoms with Gasteiger partial charge in [0.05, 0.1) is 7.11 Å². The standard InChI is InChI=1S/C19H24N2O3/c1-21(2)13-15-9-7-14(8-10-15)12-20-19(23)18(22)16-5-4-6-17(11-16)24-3/h4-11,18,22H,12-13H2,1-3H3,(H,20,23). The Morgan fingerprint density at radius 1 is 1.17 bits per heavy atom. The summed E-state index contributed by atoms with van der Waals surface area (Å²) < 4.78 is 5.11. The Morgan fingerprint density at radius 2 is 1.83 bits per heavy atom. The van der Waals surface area contributed by atoms with E-state index in [1.54, 1.807) is 31.4 Å². The molecule has 0 saturated heterocycles. The predicted octanol–water partition coefficient (Wildman–Crippen LogP) is 2.11. The predicted molar refractivity (Wildman–Crippen MR) is 93.6 cm³/mol. The highest BCUT2D eigenvalue weighted by Crippen LogP contribution is 2.19. The Morgan fingerprint density at radius 3 is 2.46 bits per heavy atom. The number of aliphatic hydroxyl groups excluding tert-OH is 1. The lowest BCUT2D eigenvalue weighted by Gasteiger charge is -2.13. The van der Waals surface area contributed by atoms with Gasteiger partial charge in [-0.15, -0.1) is 0 Å². The van der Waals surface area contributed by atoms with Crippen LogP contribution in [0.2, 0.25) is 0 Å². The van der Waals surface area contributed by atoms with E-state index >= 15 is 0 Å². The maximum absolute atomic E-state index is 12.1. The lowest BCUT2D eigenvalue weighted by atomic mass is 10.1. The van der Waals surface area contributed by atoms with Crippen molar-refractivity contribution in [3.63, 3.8) is 0 Å². The summed E-state index contributed by atoms with van der Waals surface area (Å²) in [5.41, 5.74) is 2.71. The Labute approximate surface area is 142 Å². The summed E-state index contributed by atoms with van der Waals surface area (Å²) in [6.07, 6.45) is -1.21. The molecule has 0 fully saturated rings. The molecule has 0 aliphatic rings. The maximum atomic E-state index is 12.1. The van der Waals surface area contributed by atoms with Crippen LogP contribution in [-0.2, 0) is 17.9 Å². The monoisotopic (exact) mass is 328 g/mol. The summed E-state index contributed by atoms with van der Waals surface area (Å²) in [6, 6.07) is 14.9. The molecule has 1 atom stereocenters. The van der Waals surface area contributed by atoms with Crippen LogP contribution in [0.5, 0.6) is 5.75 Å². The first-order valence-electron chi connectivity index (χ1n) is 7.82. The van der Waals surface area contributed by atoms with E-state index in [4.69, 9.17) is 4.74 Å². The number of nitrogens with one attached hydrogen (secondary N) is 1. The number of methoxy groups -OCH3 is 1. The van der Waals surface area contributed by atoms with Crippen molar-refractivity contribution < 1.29 is 14.6 Å². The number of hydrogen-bond acceptors (Lipinski definition) is 4. The second kappa shape index (κ2) is 8.47. The second-order valence-electron chi connectivity index (χ2n) is 5.95. The number of aliphatic hydroxyl groups is 1. The number of carbonyl (C=O) groups is 1. The Hall–Kier alpha value is -2.37. The van der Waals surface area contributed by atoms with Crippen molar-refractivity contribution in [2.45, 2.75) is 19.2 Å². The Bertz CT molecular complexity index is 669. The average molecular weight is 328 g/mol. The first-order valence-corrected chi connectivity index (χ1v) is 7.82. The highest BCUT2D eigenvalue weighted by Gasteiger charge is 2.17. The fourth-order valence-corrected chi connectivity index (χ4v) is 2.38. The summed E-state index contributed by atoms with van der Waals surface area (Å²) in [4.78, 5) is 14.2. The van der Waals surface area contributed by atoms with Crippen molar-refractivity contribution in [3.05, 3.63) is 65.2 Å². The number of rotatable bonds is 7. The molecule has 0 aliphatic carbocycles. The molecule has 5 nitrogen and oxygen atoms in total. The zero-order valence-corrected chi connectivity index (χ0v) is 14.3. The van der Waals surface area contributed by atoms with Crippen LogP contribution >= 0.6 is 0 Å². The number of nitrogens with zero attached hydrogens (tertiary/aromatic N) is 1. The molecule has 128 valence electrons. The molecular formula is C19H24N2O3. The third-order valence-corrected chi connectivity index (χ3v) is 3.65. The molecule has 5 heteroatoms. The van der Waals surface area contributed by atoms with Crippen molar-refractivity contribution >= 4 is 5.91 Å². The number of carbonyl (C=O) groups excluding carboxylic acids is 1. The molecule has 0 spiro atoms. The fraction of sp³-hybridized carbons (Fsp3) is 0.316. The number of benzene rings is 2. The topological polar surface area (TPSA) is 61.8 Å². The molecule has 0 radical (unpaired) electrons. The first-order chi connectivity index (χ1) is 11.5. The Balaban J connectivity index is 1.92. The minimum Gasteiger partial charge on any atom is -0.497 e. The SMILES string of the molecule is COc1cccc(C(O)C(=O)NCc2ccc(CN(C)C)cc2)c1. The zero-order chi connectivity index (χ0) is 17.5. The highest BCUT2D eigenvalue weighted by atomic mass is 16.5. The largest absolute Gasteiger partial charge is 0.497 e. The van der Waals surface area contributed by atoms with Crippen molar-refractivity contribution in [1.82, 2.24) is 10.2 Å². The van der Waals surface area contributed by atoms with Crippen molar-refractivity contribution in [1.29, 1.82) is 0 Å². The summed E-state index contributed by atoms with van der Waals surface area (Å²) in [6.45, 7) is 1.25. The van der Waals surface area contributed by atoms with Crippen LogP contribution in [0.3, 0.4) is 0 Å². The van der Waals surface area contributed by atoms with Gasteiger partial charge < -0.3 is 20.1 Å². The molecule has 1 unspecified atom stereocenters. The van der Waals surface area contributed by atoms with Crippen LogP contribution < -0.4 is 10.1 Å². The second-order valence-corrected chi connectivity index (χ2v) is 5.95. The summed E-state index contributed by atoms with van der Waals surface area (Å²) in [5.74, 6) is 0.177. The normalized spacial score (nSPS) is 12.0. The van der Waals surface area contributed by atoms with E-state index < -0.39 is 12.0 Å². The lowest BCUT2D eigenvalue weighted by Crippen LogP contribution is -2.28. The molecule has 0 aliphatic heterocycles. The molecule has 24 heavy (non-hydrogen) atoms. The van der Waals surface area contributed by atoms with Gasteiger partial charge in [-0.1, -0.05) is 36.4 Å². The molecule has 2 rings (SSSR count). The van der Waals surface area contributed by atoms with Crippen LogP contribution in [0.15, 0.2) is 48.5 Å². The van der Waals surface area contributed by atoms with Gasteiger partial charge in [0, 0.05) is 13.1 Å². The van der Waals surface area contributed by atoms with Crippen LogP contribution in [0.25, 0.3) is 0 Å². The van der Waals surface area contributed by atoms with Gasteiger partial charge in [-0.3, -0.25) is 4.79 Å². The quantitative estimate of drug-likeness (QED) is 0.817. The van der Waals surface area contributed by atoms with E-state index in [1.807, 2.05) is 38.4 Å². The van der Waals surface area contributed by atoms with Crippen molar-refractivity contribution in [2.75, 3.05) is 21.2 Å². The van der Waals surface area contributed by atoms with Gasteiger partial charge in [0.15, 0.2) is 6.10 Å². The third kappa shape index (κ3) is 5.08. The molecule has 0 bridgehead atoms. The van der Waals surface area contributed by atoms with Gasteiger partial charge in [0.25, 0.3) is 5.91 Å². The summed E-state index contributed by atoms with van der Waals surface area (Å²) in [7, 11) is 5.59. The van der Waals surface area contributed by atoms with Gasteiger partial charge in [-0.2, -0.15) is 0 Å². The number of ether oxygens (including phenoxy) is 1. The minimum atomic E-state index is -1.21. The zero-order valence-electron chi connectivity index (χ0n) is 14.3. The number of amides is 1. The molecular weight excluding hydrogens is 304 g/mol. The first kappa shape index (κ1) is 18.0. The fourth-order valence-electron chi connectivity index (χ4n) is 2.38. The molecule has 0 heterocycles. The van der Waals surface area contributed by atoms with Gasteiger partial charge in [-0.25, -0.2) is 0 Å². The van der Waals surface area contributed by atoms with E-state index in [0.717, 1.165) is 12.1 Å². The van der Waals surface area contributed by atoms with Gasteiger partial charge in [0.2, 0.25) is 0 Å². The maximum Gasteiger partial charge on any atom is 0.253 e. The van der Waals surface area contributed by atoms with Crippen LogP contribution in [0.4, 0.5) is 0 Å². The molecule has 2 aromatic rings. The molecule has 1 amide bonds. The molecule has 0 aromatic heterocycles. The van der Waals surface area contributed by atoms with Crippen molar-refractivity contribution in [3.8, 4) is 5.75 Å². The van der Waals surface area contributed by atoms with E-state index in [1.165, 1.54) is 5.56 Å². The summed E-state index contributed by atoms with van der Waals surface area (Å²) >= 11 is 0. The smallest absolute Gasteiger partial charge is 0.253 e. The lowest BCUT2D eigenvalue weighted by molar-refractivity contribution is -0.129. The third-order valence-electron chi connectivity index (χ3n) is 3.65. The summed E-state index contributed by atoms with van der Waals surface area (Å²) in [5, 5.41) is 12.9. The van der Waals surface area contributed by atoms with Crippen LogP contribution in [-0.4, -0.2) is 37.1 Å². The van der Waals surface area contributed by atoms with E-state index in [0.29, 0.717) is 17.9 Å². The minimum absolute atomic E-state index is 0.377. The molecule has 2 N–H and O–H groups in total. The van der Waals surface area contributed by atoms with Crippen molar-refractivity contribution in [2.24, 2.45) is 0 Å². The van der Waals surface area contributed by atoms with E-state index in [9.17, 15) is 9.90 Å². The Kier molecular flexibility index (Phi) is 6.35. The number of hydrogen-bond donors (Lipinski definition) is 2.